The SMILES string of the molecule is O=C=N[C@@H]1C[C@@H]2C=CC[C@@H](C2)C1. The highest BCUT2D eigenvalue weighted by Gasteiger charge is 2.28. The van der Waals surface area contributed by atoms with Gasteiger partial charge in [-0.3, -0.25) is 0 Å². The lowest BCUT2D eigenvalue weighted by Crippen LogP contribution is -2.26. The molecule has 0 aliphatic heterocycles. The van der Waals surface area contributed by atoms with Crippen molar-refractivity contribution >= 4 is 6.08 Å². The summed E-state index contributed by atoms with van der Waals surface area (Å²) in [6.45, 7) is 0. The van der Waals surface area contributed by atoms with Gasteiger partial charge in [0.1, 0.15) is 0 Å². The van der Waals surface area contributed by atoms with E-state index in [9.17, 15) is 4.79 Å². The fraction of sp³-hybridized carbons (Fsp3) is 0.700. The summed E-state index contributed by atoms with van der Waals surface area (Å²) in [7, 11) is 0. The van der Waals surface area contributed by atoms with Crippen molar-refractivity contribution in [2.45, 2.75) is 31.7 Å². The fourth-order valence-corrected chi connectivity index (χ4v) is 2.44. The van der Waals surface area contributed by atoms with Crippen LogP contribution >= 0.6 is 0 Å². The van der Waals surface area contributed by atoms with E-state index in [0.29, 0.717) is 5.92 Å². The van der Waals surface area contributed by atoms with Gasteiger partial charge in [0, 0.05) is 0 Å². The molecule has 0 aromatic heterocycles. The lowest BCUT2D eigenvalue weighted by Gasteiger charge is -2.33. The average molecular weight is 163 g/mol. The third kappa shape index (κ3) is 1.49. The van der Waals surface area contributed by atoms with E-state index in [1.807, 2.05) is 0 Å². The van der Waals surface area contributed by atoms with E-state index in [2.05, 4.69) is 17.1 Å². The maximum atomic E-state index is 10.1. The molecule has 0 aromatic carbocycles. The van der Waals surface area contributed by atoms with E-state index >= 15 is 0 Å². The van der Waals surface area contributed by atoms with Crippen molar-refractivity contribution in [3.63, 3.8) is 0 Å². The smallest absolute Gasteiger partial charge is 0.211 e. The number of carbonyl (C=O) groups excluding carboxylic acids is 1. The quantitative estimate of drug-likeness (QED) is 0.330. The minimum absolute atomic E-state index is 0.260. The van der Waals surface area contributed by atoms with Gasteiger partial charge in [-0.05, 0) is 37.5 Å². The zero-order chi connectivity index (χ0) is 8.39. The molecule has 0 heterocycles. The molecule has 0 N–H and O–H groups in total. The number of isocyanates is 1. The summed E-state index contributed by atoms with van der Waals surface area (Å²) in [5.41, 5.74) is 0. The molecule has 2 nitrogen and oxygen atoms in total. The number of allylic oxidation sites excluding steroid dienone is 2. The van der Waals surface area contributed by atoms with Gasteiger partial charge in [0.25, 0.3) is 0 Å². The number of fused-ring (bicyclic) bond motifs is 2. The van der Waals surface area contributed by atoms with Crippen LogP contribution in [0.3, 0.4) is 0 Å². The van der Waals surface area contributed by atoms with E-state index in [1.165, 1.54) is 12.8 Å². The van der Waals surface area contributed by atoms with Crippen LogP contribution in [-0.4, -0.2) is 12.1 Å². The molecular weight excluding hydrogens is 150 g/mol. The first-order chi connectivity index (χ1) is 5.88. The summed E-state index contributed by atoms with van der Waals surface area (Å²) >= 11 is 0. The van der Waals surface area contributed by atoms with Crippen LogP contribution in [0, 0.1) is 11.8 Å². The lowest BCUT2D eigenvalue weighted by atomic mass is 9.74. The Kier molecular flexibility index (Phi) is 2.09. The molecule has 2 heteroatoms. The van der Waals surface area contributed by atoms with Crippen molar-refractivity contribution < 1.29 is 4.79 Å². The summed E-state index contributed by atoms with van der Waals surface area (Å²) in [4.78, 5) is 13.9. The van der Waals surface area contributed by atoms with Crippen LogP contribution in [0.2, 0.25) is 0 Å². The van der Waals surface area contributed by atoms with Gasteiger partial charge in [0.15, 0.2) is 0 Å². The standard InChI is InChI=1S/C10H13NO/c12-7-11-10-5-8-2-1-3-9(4-8)6-10/h1-2,8-10H,3-6H2/t8-,9+,10-/m1/s1. The van der Waals surface area contributed by atoms with Crippen LogP contribution < -0.4 is 0 Å². The van der Waals surface area contributed by atoms with Crippen LogP contribution in [-0.2, 0) is 4.79 Å². The third-order valence-corrected chi connectivity index (χ3v) is 2.93. The van der Waals surface area contributed by atoms with Gasteiger partial charge < -0.3 is 0 Å². The number of aliphatic imine (C=N–C) groups is 1. The molecule has 0 aromatic rings. The molecule has 1 saturated carbocycles. The molecule has 0 radical (unpaired) electrons. The Hall–Kier alpha value is -0.880. The van der Waals surface area contributed by atoms with Crippen molar-refractivity contribution in [2.75, 3.05) is 0 Å². The summed E-state index contributed by atoms with van der Waals surface area (Å²) in [5.74, 6) is 1.45. The van der Waals surface area contributed by atoms with Crippen molar-refractivity contribution in [2.24, 2.45) is 16.8 Å². The molecule has 2 aliphatic rings. The summed E-state index contributed by atoms with van der Waals surface area (Å²) in [6, 6.07) is 0.260. The monoisotopic (exact) mass is 163 g/mol. The highest BCUT2D eigenvalue weighted by molar-refractivity contribution is 5.33. The topological polar surface area (TPSA) is 29.4 Å². The summed E-state index contributed by atoms with van der Waals surface area (Å²) in [6.07, 6.45) is 10.9. The molecule has 2 bridgehead atoms. The normalized spacial score (nSPS) is 38.8. The Morgan fingerprint density at radius 1 is 1.33 bits per heavy atom. The number of hydrogen-bond acceptors (Lipinski definition) is 2. The predicted octanol–water partition coefficient (Wildman–Crippen LogP) is 2.07. The largest absolute Gasteiger partial charge is 0.235 e. The summed E-state index contributed by atoms with van der Waals surface area (Å²) in [5, 5.41) is 0. The van der Waals surface area contributed by atoms with Crippen LogP contribution in [0.1, 0.15) is 25.7 Å². The van der Waals surface area contributed by atoms with Crippen molar-refractivity contribution in [3.05, 3.63) is 12.2 Å². The minimum Gasteiger partial charge on any atom is -0.211 e. The maximum Gasteiger partial charge on any atom is 0.235 e. The molecule has 1 fully saturated rings. The van der Waals surface area contributed by atoms with Gasteiger partial charge >= 0.3 is 0 Å². The van der Waals surface area contributed by atoms with Crippen molar-refractivity contribution in [1.29, 1.82) is 0 Å². The number of nitrogens with zero attached hydrogens (tertiary/aromatic N) is 1. The van der Waals surface area contributed by atoms with E-state index < -0.39 is 0 Å². The van der Waals surface area contributed by atoms with Crippen LogP contribution in [0.15, 0.2) is 17.1 Å². The third-order valence-electron chi connectivity index (χ3n) is 2.93. The minimum atomic E-state index is 0.260. The van der Waals surface area contributed by atoms with Gasteiger partial charge in [-0.25, -0.2) is 9.79 Å². The molecule has 0 spiro atoms. The highest BCUT2D eigenvalue weighted by atomic mass is 16.1. The summed E-state index contributed by atoms with van der Waals surface area (Å²) < 4.78 is 0. The fourth-order valence-electron chi connectivity index (χ4n) is 2.44. The first-order valence-corrected chi connectivity index (χ1v) is 4.62. The molecule has 64 valence electrons. The molecule has 0 saturated heterocycles. The van der Waals surface area contributed by atoms with Gasteiger partial charge in [-0.15, -0.1) is 0 Å². The Labute approximate surface area is 72.4 Å². The molecule has 2 aliphatic carbocycles. The molecular formula is C10H13NO. The average Bonchev–Trinajstić information content (AvgIpc) is 2.04. The molecule has 2 rings (SSSR count). The maximum absolute atomic E-state index is 10.1. The van der Waals surface area contributed by atoms with E-state index in [0.717, 1.165) is 18.8 Å². The van der Waals surface area contributed by atoms with E-state index in [4.69, 9.17) is 0 Å². The zero-order valence-electron chi connectivity index (χ0n) is 7.07. The second-order valence-electron chi connectivity index (χ2n) is 3.87. The van der Waals surface area contributed by atoms with Crippen molar-refractivity contribution in [1.82, 2.24) is 0 Å². The van der Waals surface area contributed by atoms with Crippen LogP contribution in [0.25, 0.3) is 0 Å². The molecule has 12 heavy (non-hydrogen) atoms. The lowest BCUT2D eigenvalue weighted by molar-refractivity contribution is 0.262. The molecule has 3 atom stereocenters. The van der Waals surface area contributed by atoms with Crippen molar-refractivity contribution in [3.8, 4) is 0 Å². The van der Waals surface area contributed by atoms with Crippen LogP contribution in [0.4, 0.5) is 0 Å². The van der Waals surface area contributed by atoms with Gasteiger partial charge in [-0.2, -0.15) is 0 Å². The first-order valence-electron chi connectivity index (χ1n) is 4.62. The second kappa shape index (κ2) is 3.24. The van der Waals surface area contributed by atoms with Gasteiger partial charge in [-0.1, -0.05) is 12.2 Å². The number of rotatable bonds is 1. The zero-order valence-corrected chi connectivity index (χ0v) is 7.07. The van der Waals surface area contributed by atoms with Gasteiger partial charge in [0.2, 0.25) is 6.08 Å². The second-order valence-corrected chi connectivity index (χ2v) is 3.87. The van der Waals surface area contributed by atoms with Crippen LogP contribution in [0.5, 0.6) is 0 Å². The Morgan fingerprint density at radius 3 is 3.00 bits per heavy atom. The number of hydrogen-bond donors (Lipinski definition) is 0. The highest BCUT2D eigenvalue weighted by Crippen LogP contribution is 2.36. The molecule has 0 unspecified atom stereocenters. The van der Waals surface area contributed by atoms with Gasteiger partial charge in [0.05, 0.1) is 6.04 Å². The molecule has 0 amide bonds. The Morgan fingerprint density at radius 2 is 2.25 bits per heavy atom. The Balaban J connectivity index is 2.07. The predicted molar refractivity (Wildman–Crippen MR) is 46.5 cm³/mol. The Bertz CT molecular complexity index is 240. The van der Waals surface area contributed by atoms with E-state index in [1.54, 1.807) is 6.08 Å². The van der Waals surface area contributed by atoms with E-state index in [-0.39, 0.29) is 6.04 Å². The first kappa shape index (κ1) is 7.75.